The number of rotatable bonds is 6. The van der Waals surface area contributed by atoms with Gasteiger partial charge in [0.15, 0.2) is 0 Å². The van der Waals surface area contributed by atoms with E-state index in [4.69, 9.17) is 9.47 Å². The number of ether oxygens (including phenoxy) is 2. The van der Waals surface area contributed by atoms with E-state index >= 15 is 0 Å². The van der Waals surface area contributed by atoms with Gasteiger partial charge in [0.05, 0.1) is 0 Å². The van der Waals surface area contributed by atoms with Crippen LogP contribution in [0.25, 0.3) is 0 Å². The van der Waals surface area contributed by atoms with Crippen LogP contribution >= 0.6 is 0 Å². The smallest absolute Gasteiger partial charge is 0.413 e. The molecule has 1 unspecified atom stereocenters. The van der Waals surface area contributed by atoms with Gasteiger partial charge in [-0.1, -0.05) is 67.6 Å². The van der Waals surface area contributed by atoms with Crippen LogP contribution in [-0.4, -0.2) is 39.4 Å². The van der Waals surface area contributed by atoms with Gasteiger partial charge in [0.25, 0.3) is 0 Å². The molecular formula is C26H33NO5. The first-order valence-corrected chi connectivity index (χ1v) is 11.1. The lowest BCUT2D eigenvalue weighted by atomic mass is 9.87. The normalized spacial score (nSPS) is 23.1. The molecule has 0 radical (unpaired) electrons. The highest BCUT2D eigenvalue weighted by atomic mass is 16.6. The van der Waals surface area contributed by atoms with Crippen molar-refractivity contribution >= 4 is 12.1 Å². The van der Waals surface area contributed by atoms with Gasteiger partial charge in [0, 0.05) is 5.92 Å². The third kappa shape index (κ3) is 5.49. The predicted octanol–water partition coefficient (Wildman–Crippen LogP) is 4.70. The molecule has 1 N–H and O–H groups in total. The van der Waals surface area contributed by atoms with Gasteiger partial charge >= 0.3 is 12.1 Å². The van der Waals surface area contributed by atoms with Crippen LogP contribution in [0.15, 0.2) is 60.7 Å². The molecule has 6 nitrogen and oxygen atoms in total. The lowest BCUT2D eigenvalue weighted by molar-refractivity contribution is -0.160. The highest BCUT2D eigenvalue weighted by molar-refractivity contribution is 5.83. The molecule has 172 valence electrons. The average molecular weight is 440 g/mol. The molecule has 2 aromatic rings. The molecule has 0 spiro atoms. The molecule has 1 aliphatic heterocycles. The van der Waals surface area contributed by atoms with Crippen molar-refractivity contribution in [2.24, 2.45) is 5.92 Å². The summed E-state index contributed by atoms with van der Waals surface area (Å²) < 4.78 is 11.1. The van der Waals surface area contributed by atoms with Crippen molar-refractivity contribution in [3.63, 3.8) is 0 Å². The van der Waals surface area contributed by atoms with E-state index in [1.165, 1.54) is 4.90 Å². The van der Waals surface area contributed by atoms with Gasteiger partial charge in [-0.25, -0.2) is 9.59 Å². The number of hydrogen-bond donors (Lipinski definition) is 1. The van der Waals surface area contributed by atoms with Gasteiger partial charge < -0.3 is 14.6 Å². The van der Waals surface area contributed by atoms with Gasteiger partial charge in [0.1, 0.15) is 24.0 Å². The molecule has 1 aliphatic rings. The number of carbonyl (C=O) groups is 2. The minimum Gasteiger partial charge on any atom is -0.459 e. The predicted molar refractivity (Wildman–Crippen MR) is 122 cm³/mol. The summed E-state index contributed by atoms with van der Waals surface area (Å²) in [6, 6.07) is 18.2. The van der Waals surface area contributed by atoms with Crippen LogP contribution < -0.4 is 0 Å². The van der Waals surface area contributed by atoms with Crippen LogP contribution in [0.1, 0.15) is 51.7 Å². The van der Waals surface area contributed by atoms with Gasteiger partial charge in [-0.2, -0.15) is 0 Å². The van der Waals surface area contributed by atoms with Crippen molar-refractivity contribution in [3.8, 4) is 0 Å². The molecule has 0 saturated carbocycles. The maximum atomic E-state index is 13.2. The molecule has 0 aromatic heterocycles. The van der Waals surface area contributed by atoms with Crippen LogP contribution in [0.4, 0.5) is 4.79 Å². The Morgan fingerprint density at radius 3 is 2.12 bits per heavy atom. The number of carbonyl (C=O) groups excluding carboxylic acids is 2. The molecule has 1 amide bonds. The molecule has 1 heterocycles. The minimum atomic E-state index is -1.52. The van der Waals surface area contributed by atoms with Gasteiger partial charge in [0.2, 0.25) is 0 Å². The summed E-state index contributed by atoms with van der Waals surface area (Å²) in [5.41, 5.74) is -0.392. The zero-order chi connectivity index (χ0) is 23.4. The Morgan fingerprint density at radius 1 is 1.03 bits per heavy atom. The maximum absolute atomic E-state index is 13.2. The summed E-state index contributed by atoms with van der Waals surface area (Å²) in [5.74, 6) is -0.876. The standard InChI is InChI=1S/C26H33NO5/c1-5-26(30)21(16-19-12-8-6-9-13-19)17-22(27(26)24(29)32-25(2,3)4)23(28)31-18-20-14-10-7-11-15-20/h6-15,21-22,30H,5,16-18H2,1-4H3/t21-,22+,26?/m0/s1. The van der Waals surface area contributed by atoms with Gasteiger partial charge in [-0.3, -0.25) is 4.90 Å². The number of benzene rings is 2. The highest BCUT2D eigenvalue weighted by Crippen LogP contribution is 2.43. The summed E-state index contributed by atoms with van der Waals surface area (Å²) in [5, 5.41) is 11.7. The summed E-state index contributed by atoms with van der Waals surface area (Å²) in [6.45, 7) is 7.20. The number of amides is 1. The van der Waals surface area contributed by atoms with Crippen LogP contribution in [0, 0.1) is 5.92 Å². The van der Waals surface area contributed by atoms with Crippen LogP contribution in [0.5, 0.6) is 0 Å². The molecule has 2 aromatic carbocycles. The van der Waals surface area contributed by atoms with Crippen molar-refractivity contribution in [1.29, 1.82) is 0 Å². The Bertz CT molecular complexity index is 909. The number of esters is 1. The van der Waals surface area contributed by atoms with E-state index in [2.05, 4.69) is 0 Å². The molecule has 0 bridgehead atoms. The van der Waals surface area contributed by atoms with Crippen molar-refractivity contribution < 1.29 is 24.2 Å². The first kappa shape index (κ1) is 23.8. The monoisotopic (exact) mass is 439 g/mol. The fourth-order valence-electron chi connectivity index (χ4n) is 4.26. The molecule has 3 atom stereocenters. The fraction of sp³-hybridized carbons (Fsp3) is 0.462. The number of hydrogen-bond acceptors (Lipinski definition) is 5. The van der Waals surface area contributed by atoms with E-state index in [0.717, 1.165) is 11.1 Å². The Labute approximate surface area is 190 Å². The van der Waals surface area contributed by atoms with E-state index in [1.54, 1.807) is 20.8 Å². The topological polar surface area (TPSA) is 76.1 Å². The van der Waals surface area contributed by atoms with Crippen molar-refractivity contribution in [1.82, 2.24) is 4.90 Å². The van der Waals surface area contributed by atoms with Gasteiger partial charge in [-0.05, 0) is 51.2 Å². The van der Waals surface area contributed by atoms with Crippen LogP contribution in [0.2, 0.25) is 0 Å². The second-order valence-corrected chi connectivity index (χ2v) is 9.31. The number of nitrogens with zero attached hydrogens (tertiary/aromatic N) is 1. The first-order valence-electron chi connectivity index (χ1n) is 11.1. The van der Waals surface area contributed by atoms with E-state index in [-0.39, 0.29) is 18.9 Å². The largest absolute Gasteiger partial charge is 0.459 e. The van der Waals surface area contributed by atoms with E-state index in [0.29, 0.717) is 12.8 Å². The van der Waals surface area contributed by atoms with Crippen molar-refractivity contribution in [2.45, 2.75) is 70.9 Å². The molecule has 32 heavy (non-hydrogen) atoms. The Hall–Kier alpha value is -2.86. The molecule has 1 fully saturated rings. The molecule has 0 aliphatic carbocycles. The summed E-state index contributed by atoms with van der Waals surface area (Å²) in [4.78, 5) is 27.5. The maximum Gasteiger partial charge on any atom is 0.413 e. The van der Waals surface area contributed by atoms with E-state index in [1.807, 2.05) is 67.6 Å². The van der Waals surface area contributed by atoms with Crippen LogP contribution in [-0.2, 0) is 27.3 Å². The second kappa shape index (κ2) is 9.74. The molecule has 6 heteroatoms. The summed E-state index contributed by atoms with van der Waals surface area (Å²) in [6.07, 6.45) is 0.393. The molecular weight excluding hydrogens is 406 g/mol. The number of aliphatic hydroxyl groups is 1. The average Bonchev–Trinajstić information content (AvgIpc) is 3.05. The Balaban J connectivity index is 1.87. The highest BCUT2D eigenvalue weighted by Gasteiger charge is 2.57. The summed E-state index contributed by atoms with van der Waals surface area (Å²) >= 11 is 0. The third-order valence-electron chi connectivity index (χ3n) is 5.82. The van der Waals surface area contributed by atoms with Gasteiger partial charge in [-0.15, -0.1) is 0 Å². The molecule has 3 rings (SSSR count). The van der Waals surface area contributed by atoms with Crippen LogP contribution in [0.3, 0.4) is 0 Å². The quantitative estimate of drug-likeness (QED) is 0.661. The lowest BCUT2D eigenvalue weighted by Gasteiger charge is -2.39. The number of likely N-dealkylation sites (tertiary alicyclic amines) is 1. The second-order valence-electron chi connectivity index (χ2n) is 9.31. The zero-order valence-corrected chi connectivity index (χ0v) is 19.3. The van der Waals surface area contributed by atoms with Crippen molar-refractivity contribution in [2.75, 3.05) is 0 Å². The zero-order valence-electron chi connectivity index (χ0n) is 19.3. The van der Waals surface area contributed by atoms with E-state index in [9.17, 15) is 14.7 Å². The first-order chi connectivity index (χ1) is 15.1. The minimum absolute atomic E-state index is 0.103. The Morgan fingerprint density at radius 2 is 1.59 bits per heavy atom. The lowest BCUT2D eigenvalue weighted by Crippen LogP contribution is -2.56. The van der Waals surface area contributed by atoms with E-state index < -0.39 is 29.4 Å². The fourth-order valence-corrected chi connectivity index (χ4v) is 4.26. The van der Waals surface area contributed by atoms with Crippen molar-refractivity contribution in [3.05, 3.63) is 71.8 Å². The summed E-state index contributed by atoms with van der Waals surface area (Å²) in [7, 11) is 0. The SMILES string of the molecule is CCC1(O)[C@@H](Cc2ccccc2)C[C@H](C(=O)OCc2ccccc2)N1C(=O)OC(C)(C)C. The third-order valence-corrected chi connectivity index (χ3v) is 5.82. The Kier molecular flexibility index (Phi) is 7.24. The molecule has 1 saturated heterocycles.